The number of hydrogen-bond donors (Lipinski definition) is 1. The van der Waals surface area contributed by atoms with Crippen LogP contribution in [0.2, 0.25) is 0 Å². The van der Waals surface area contributed by atoms with Crippen molar-refractivity contribution in [3.05, 3.63) is 42.5 Å². The quantitative estimate of drug-likeness (QED) is 0.611. The molecule has 0 saturated heterocycles. The third-order valence-electron chi connectivity index (χ3n) is 2.70. The molecule has 90 valence electrons. The van der Waals surface area contributed by atoms with Gasteiger partial charge in [-0.2, -0.15) is 0 Å². The number of nitrogens with one attached hydrogen (secondary N) is 1. The first-order valence-electron chi connectivity index (χ1n) is 6.22. The second-order valence-corrected chi connectivity index (χ2v) is 5.28. The summed E-state index contributed by atoms with van der Waals surface area (Å²) >= 11 is 1.92. The molecule has 0 atom stereocenters. The highest BCUT2D eigenvalue weighted by Crippen LogP contribution is 2.23. The molecule has 0 heterocycles. The molecule has 0 radical (unpaired) electrons. The minimum atomic E-state index is 1.09. The van der Waals surface area contributed by atoms with Gasteiger partial charge in [-0.3, -0.25) is 0 Å². The maximum absolute atomic E-state index is 3.42. The molecule has 0 spiro atoms. The Morgan fingerprint density at radius 2 is 1.82 bits per heavy atom. The lowest BCUT2D eigenvalue weighted by atomic mass is 10.1. The van der Waals surface area contributed by atoms with Gasteiger partial charge < -0.3 is 5.32 Å². The Hall–Kier alpha value is -0.990. The fourth-order valence-electron chi connectivity index (χ4n) is 1.80. The molecular weight excluding hydrogens is 226 g/mol. The topological polar surface area (TPSA) is 12.0 Å². The van der Waals surface area contributed by atoms with Gasteiger partial charge in [-0.15, -0.1) is 11.8 Å². The molecule has 0 bridgehead atoms. The number of rotatable bonds is 6. The third kappa shape index (κ3) is 3.76. The summed E-state index contributed by atoms with van der Waals surface area (Å²) in [7, 11) is 0. The fourth-order valence-corrected chi connectivity index (χ4v) is 2.66. The number of fused-ring (bicyclic) bond motifs is 1. The summed E-state index contributed by atoms with van der Waals surface area (Å²) in [5, 5.41) is 6.07. The van der Waals surface area contributed by atoms with Crippen LogP contribution in [0, 0.1) is 0 Å². The molecule has 2 aromatic carbocycles. The molecule has 0 aliphatic carbocycles. The van der Waals surface area contributed by atoms with Crippen molar-refractivity contribution in [3.8, 4) is 0 Å². The number of hydrogen-bond acceptors (Lipinski definition) is 2. The third-order valence-corrected chi connectivity index (χ3v) is 3.69. The average Bonchev–Trinajstić information content (AvgIpc) is 2.38. The highest BCUT2D eigenvalue weighted by molar-refractivity contribution is 7.99. The first-order chi connectivity index (χ1) is 8.40. The van der Waals surface area contributed by atoms with Crippen molar-refractivity contribution in [2.75, 3.05) is 18.8 Å². The Kier molecular flexibility index (Phi) is 4.89. The number of thioether (sulfide) groups is 1. The minimum Gasteiger partial charge on any atom is -0.316 e. The van der Waals surface area contributed by atoms with Crippen LogP contribution in [0.25, 0.3) is 10.8 Å². The van der Waals surface area contributed by atoms with Crippen molar-refractivity contribution >= 4 is 22.5 Å². The molecule has 0 unspecified atom stereocenters. The summed E-state index contributed by atoms with van der Waals surface area (Å²) in [6.45, 7) is 4.41. The average molecular weight is 245 g/mol. The Bertz CT molecular complexity index is 467. The molecule has 1 N–H and O–H groups in total. The molecule has 2 aromatic rings. The lowest BCUT2D eigenvalue weighted by Gasteiger charge is -2.04. The standard InChI is InChI=1S/C15H19NS/c1-2-9-16-10-11-17-15-8-7-13-5-3-4-6-14(13)12-15/h3-8,12,16H,2,9-11H2,1H3. The zero-order valence-corrected chi connectivity index (χ0v) is 11.1. The van der Waals surface area contributed by atoms with Crippen molar-refractivity contribution in [2.45, 2.75) is 18.2 Å². The van der Waals surface area contributed by atoms with Crippen molar-refractivity contribution in [1.29, 1.82) is 0 Å². The molecular formula is C15H19NS. The van der Waals surface area contributed by atoms with Gasteiger partial charge in [-0.25, -0.2) is 0 Å². The Labute approximate surface area is 108 Å². The van der Waals surface area contributed by atoms with E-state index in [2.05, 4.69) is 54.7 Å². The summed E-state index contributed by atoms with van der Waals surface area (Å²) in [6.07, 6.45) is 1.21. The predicted molar refractivity (Wildman–Crippen MR) is 77.8 cm³/mol. The minimum absolute atomic E-state index is 1.09. The van der Waals surface area contributed by atoms with Gasteiger partial charge in [-0.05, 0) is 35.9 Å². The Balaban J connectivity index is 1.90. The van der Waals surface area contributed by atoms with Gasteiger partial charge in [0.15, 0.2) is 0 Å². The van der Waals surface area contributed by atoms with Gasteiger partial charge in [0.2, 0.25) is 0 Å². The van der Waals surface area contributed by atoms with Crippen LogP contribution < -0.4 is 5.32 Å². The van der Waals surface area contributed by atoms with E-state index < -0.39 is 0 Å². The molecule has 17 heavy (non-hydrogen) atoms. The van der Waals surface area contributed by atoms with Crippen molar-refractivity contribution < 1.29 is 0 Å². The van der Waals surface area contributed by atoms with Crippen LogP contribution >= 0.6 is 11.8 Å². The van der Waals surface area contributed by atoms with Crippen LogP contribution in [0.5, 0.6) is 0 Å². The normalized spacial score (nSPS) is 10.9. The maximum atomic E-state index is 3.42. The van der Waals surface area contributed by atoms with E-state index in [1.54, 1.807) is 0 Å². The van der Waals surface area contributed by atoms with Gasteiger partial charge in [0, 0.05) is 17.2 Å². The molecule has 0 aliphatic rings. The molecule has 0 fully saturated rings. The SMILES string of the molecule is CCCNCCSc1ccc2ccccc2c1. The zero-order chi connectivity index (χ0) is 11.9. The lowest BCUT2D eigenvalue weighted by Crippen LogP contribution is -2.17. The summed E-state index contributed by atoms with van der Waals surface area (Å²) < 4.78 is 0. The van der Waals surface area contributed by atoms with E-state index in [0.717, 1.165) is 18.8 Å². The van der Waals surface area contributed by atoms with E-state index >= 15 is 0 Å². The van der Waals surface area contributed by atoms with Crippen molar-refractivity contribution in [3.63, 3.8) is 0 Å². The van der Waals surface area contributed by atoms with E-state index in [1.807, 2.05) is 11.8 Å². The first kappa shape index (κ1) is 12.5. The Morgan fingerprint density at radius 1 is 1.00 bits per heavy atom. The van der Waals surface area contributed by atoms with Gasteiger partial charge in [-0.1, -0.05) is 37.3 Å². The maximum Gasteiger partial charge on any atom is 0.0106 e. The highest BCUT2D eigenvalue weighted by atomic mass is 32.2. The van der Waals surface area contributed by atoms with Crippen molar-refractivity contribution in [1.82, 2.24) is 5.32 Å². The Morgan fingerprint density at radius 3 is 2.65 bits per heavy atom. The second kappa shape index (κ2) is 6.67. The zero-order valence-electron chi connectivity index (χ0n) is 10.3. The largest absolute Gasteiger partial charge is 0.316 e. The van der Waals surface area contributed by atoms with Crippen LogP contribution in [-0.4, -0.2) is 18.8 Å². The van der Waals surface area contributed by atoms with Gasteiger partial charge >= 0.3 is 0 Å². The molecule has 0 amide bonds. The smallest absolute Gasteiger partial charge is 0.0106 e. The van der Waals surface area contributed by atoms with Crippen LogP contribution in [0.15, 0.2) is 47.4 Å². The fraction of sp³-hybridized carbons (Fsp3) is 0.333. The molecule has 1 nitrogen and oxygen atoms in total. The highest BCUT2D eigenvalue weighted by Gasteiger charge is 1.96. The van der Waals surface area contributed by atoms with E-state index in [4.69, 9.17) is 0 Å². The van der Waals surface area contributed by atoms with Crippen LogP contribution in [0.1, 0.15) is 13.3 Å². The lowest BCUT2D eigenvalue weighted by molar-refractivity contribution is 0.707. The van der Waals surface area contributed by atoms with Crippen molar-refractivity contribution in [2.24, 2.45) is 0 Å². The molecule has 0 aliphatic heterocycles. The van der Waals surface area contributed by atoms with Gasteiger partial charge in [0.25, 0.3) is 0 Å². The van der Waals surface area contributed by atoms with Gasteiger partial charge in [0.1, 0.15) is 0 Å². The first-order valence-corrected chi connectivity index (χ1v) is 7.21. The van der Waals surface area contributed by atoms with E-state index in [9.17, 15) is 0 Å². The molecule has 0 saturated carbocycles. The van der Waals surface area contributed by atoms with Crippen LogP contribution in [0.4, 0.5) is 0 Å². The van der Waals surface area contributed by atoms with Crippen LogP contribution in [-0.2, 0) is 0 Å². The second-order valence-electron chi connectivity index (χ2n) is 4.11. The van der Waals surface area contributed by atoms with E-state index in [0.29, 0.717) is 0 Å². The number of benzene rings is 2. The van der Waals surface area contributed by atoms with Crippen LogP contribution in [0.3, 0.4) is 0 Å². The summed E-state index contributed by atoms with van der Waals surface area (Å²) in [4.78, 5) is 1.36. The summed E-state index contributed by atoms with van der Waals surface area (Å²) in [5.74, 6) is 1.14. The molecule has 2 heteroatoms. The van der Waals surface area contributed by atoms with Gasteiger partial charge in [0.05, 0.1) is 0 Å². The summed E-state index contributed by atoms with van der Waals surface area (Å²) in [6, 6.07) is 15.2. The van der Waals surface area contributed by atoms with E-state index in [-0.39, 0.29) is 0 Å². The predicted octanol–water partition coefficient (Wildman–Crippen LogP) is 3.93. The molecule has 0 aromatic heterocycles. The summed E-state index contributed by atoms with van der Waals surface area (Å²) in [5.41, 5.74) is 0. The monoisotopic (exact) mass is 245 g/mol. The molecule has 2 rings (SSSR count). The van der Waals surface area contributed by atoms with E-state index in [1.165, 1.54) is 22.1 Å².